The fraction of sp³-hybridized carbons (Fsp3) is 0.308. The molecule has 0 saturated carbocycles. The predicted octanol–water partition coefficient (Wildman–Crippen LogP) is 7.28. The maximum absolute atomic E-state index is 6.18. The molecule has 0 aliphatic rings. The first-order valence-electron chi connectivity index (χ1n) is 11.0. The number of hydrogen-bond donors (Lipinski definition) is 0. The van der Waals surface area contributed by atoms with Gasteiger partial charge in [0.05, 0.1) is 10.9 Å². The molecule has 0 N–H and O–H groups in total. The molecule has 0 radical (unpaired) electrons. The molecule has 0 fully saturated rings. The van der Waals surface area contributed by atoms with Crippen LogP contribution < -0.4 is 13.8 Å². The van der Waals surface area contributed by atoms with Crippen molar-refractivity contribution < 1.29 is 8.85 Å². The topological polar surface area (TPSA) is 21.7 Å². The fourth-order valence-corrected chi connectivity index (χ4v) is 7.01. The Kier molecular flexibility index (Phi) is 7.48. The summed E-state index contributed by atoms with van der Waals surface area (Å²) in [5.41, 5.74) is 1.20. The maximum atomic E-state index is 6.18. The molecule has 3 aromatic rings. The Morgan fingerprint density at radius 2 is 0.844 bits per heavy atom. The molecule has 6 heteroatoms. The van der Waals surface area contributed by atoms with E-state index in [1.54, 1.807) is 0 Å². The SMILES string of the molecule is CN(C)c1ccc([S+](c2ccc(O[Si](C)(C)C)cc2)c2ccc(O[Si](C)(C)C)cc2)cc1. The maximum Gasteiger partial charge on any atom is 0.242 e. The first kappa shape index (κ1) is 24.5. The van der Waals surface area contributed by atoms with E-state index < -0.39 is 16.6 Å². The van der Waals surface area contributed by atoms with Crippen LogP contribution in [0.25, 0.3) is 0 Å². The van der Waals surface area contributed by atoms with Gasteiger partial charge in [0, 0.05) is 19.8 Å². The number of benzene rings is 3. The zero-order valence-electron chi connectivity index (χ0n) is 20.6. The van der Waals surface area contributed by atoms with Crippen molar-refractivity contribution in [3.63, 3.8) is 0 Å². The molecule has 0 bridgehead atoms. The van der Waals surface area contributed by atoms with Gasteiger partial charge in [-0.2, -0.15) is 0 Å². The summed E-state index contributed by atoms with van der Waals surface area (Å²) in [4.78, 5) is 5.99. The quantitative estimate of drug-likeness (QED) is 0.249. The first-order chi connectivity index (χ1) is 14.9. The summed E-state index contributed by atoms with van der Waals surface area (Å²) in [6.45, 7) is 13.3. The Labute approximate surface area is 199 Å². The molecule has 0 spiro atoms. The van der Waals surface area contributed by atoms with E-state index in [2.05, 4.69) is 131 Å². The van der Waals surface area contributed by atoms with Crippen molar-refractivity contribution in [3.8, 4) is 11.5 Å². The molecule has 0 aliphatic carbocycles. The smallest absolute Gasteiger partial charge is 0.242 e. The lowest BCUT2D eigenvalue weighted by Crippen LogP contribution is -2.29. The molecular weight excluding hydrogens is 447 g/mol. The standard InChI is InChI=1S/C26H36NO2SSi2/c1-27(2)21-9-15-24(16-10-21)30(25-17-11-22(12-18-25)28-31(3,4)5)26-19-13-23(14-20-26)29-32(6,7)8/h9-20H,1-8H3/q+1. The molecule has 3 aromatic carbocycles. The predicted molar refractivity (Wildman–Crippen MR) is 144 cm³/mol. The number of nitrogens with zero attached hydrogens (tertiary/aromatic N) is 1. The van der Waals surface area contributed by atoms with E-state index in [1.807, 2.05) is 0 Å². The van der Waals surface area contributed by atoms with Crippen LogP contribution in [0.1, 0.15) is 0 Å². The van der Waals surface area contributed by atoms with Crippen LogP contribution in [0.15, 0.2) is 87.5 Å². The highest BCUT2D eigenvalue weighted by atomic mass is 32.2. The van der Waals surface area contributed by atoms with Crippen LogP contribution in [0.3, 0.4) is 0 Å². The molecule has 3 nitrogen and oxygen atoms in total. The fourth-order valence-electron chi connectivity index (χ4n) is 3.28. The van der Waals surface area contributed by atoms with Gasteiger partial charge in [-0.25, -0.2) is 0 Å². The van der Waals surface area contributed by atoms with E-state index in [4.69, 9.17) is 8.85 Å². The summed E-state index contributed by atoms with van der Waals surface area (Å²) in [6.07, 6.45) is 0. The van der Waals surface area contributed by atoms with E-state index >= 15 is 0 Å². The van der Waals surface area contributed by atoms with Crippen molar-refractivity contribution in [2.24, 2.45) is 0 Å². The van der Waals surface area contributed by atoms with Crippen molar-refractivity contribution in [2.75, 3.05) is 19.0 Å². The van der Waals surface area contributed by atoms with Gasteiger partial charge in [0.15, 0.2) is 14.7 Å². The first-order valence-corrected chi connectivity index (χ1v) is 19.1. The third-order valence-corrected chi connectivity index (χ3v) is 8.48. The third-order valence-electron chi connectivity index (χ3n) is 4.56. The highest BCUT2D eigenvalue weighted by Crippen LogP contribution is 2.34. The highest BCUT2D eigenvalue weighted by molar-refractivity contribution is 7.97. The Hall–Kier alpha value is -2.16. The van der Waals surface area contributed by atoms with Gasteiger partial charge in [-0.05, 0) is 112 Å². The van der Waals surface area contributed by atoms with Crippen molar-refractivity contribution in [1.29, 1.82) is 0 Å². The van der Waals surface area contributed by atoms with Crippen molar-refractivity contribution in [1.82, 2.24) is 0 Å². The van der Waals surface area contributed by atoms with Crippen LogP contribution in [0, 0.1) is 0 Å². The Morgan fingerprint density at radius 1 is 0.531 bits per heavy atom. The largest absolute Gasteiger partial charge is 0.544 e. The van der Waals surface area contributed by atoms with Gasteiger partial charge >= 0.3 is 0 Å². The van der Waals surface area contributed by atoms with Gasteiger partial charge in [-0.3, -0.25) is 0 Å². The second-order valence-corrected chi connectivity index (χ2v) is 21.0. The second-order valence-electron chi connectivity index (χ2n) is 10.1. The van der Waals surface area contributed by atoms with Crippen molar-refractivity contribution >= 4 is 33.2 Å². The van der Waals surface area contributed by atoms with E-state index in [-0.39, 0.29) is 10.9 Å². The molecule has 0 heterocycles. The molecule has 0 aromatic heterocycles. The lowest BCUT2D eigenvalue weighted by molar-refractivity contribution is 0.556. The van der Waals surface area contributed by atoms with E-state index in [0.29, 0.717) is 0 Å². The highest BCUT2D eigenvalue weighted by Gasteiger charge is 2.29. The average molecular weight is 483 g/mol. The van der Waals surface area contributed by atoms with Crippen LogP contribution in [0.5, 0.6) is 11.5 Å². The summed E-state index contributed by atoms with van der Waals surface area (Å²) in [5.74, 6) is 1.91. The monoisotopic (exact) mass is 482 g/mol. The molecule has 32 heavy (non-hydrogen) atoms. The molecule has 0 saturated heterocycles. The lowest BCUT2D eigenvalue weighted by atomic mass is 10.3. The molecule has 0 amide bonds. The van der Waals surface area contributed by atoms with Gasteiger partial charge in [0.25, 0.3) is 0 Å². The summed E-state index contributed by atoms with van der Waals surface area (Å²) in [5, 5.41) is 0. The number of hydrogen-bond acceptors (Lipinski definition) is 3. The van der Waals surface area contributed by atoms with Gasteiger partial charge in [-0.1, -0.05) is 0 Å². The van der Waals surface area contributed by atoms with Crippen LogP contribution in [0.4, 0.5) is 5.69 Å². The number of rotatable bonds is 8. The van der Waals surface area contributed by atoms with Crippen LogP contribution in [0.2, 0.25) is 39.3 Å². The minimum Gasteiger partial charge on any atom is -0.544 e. The summed E-state index contributed by atoms with van der Waals surface area (Å²) < 4.78 is 12.4. The van der Waals surface area contributed by atoms with Crippen LogP contribution in [-0.2, 0) is 10.9 Å². The average Bonchev–Trinajstić information content (AvgIpc) is 2.69. The third kappa shape index (κ3) is 6.92. The molecule has 3 rings (SSSR count). The van der Waals surface area contributed by atoms with E-state index in [1.165, 1.54) is 20.4 Å². The summed E-state index contributed by atoms with van der Waals surface area (Å²) >= 11 is 0. The minimum absolute atomic E-state index is 0.206. The van der Waals surface area contributed by atoms with Crippen LogP contribution >= 0.6 is 0 Å². The Morgan fingerprint density at radius 3 is 1.12 bits per heavy atom. The van der Waals surface area contributed by atoms with E-state index in [0.717, 1.165) is 11.5 Å². The van der Waals surface area contributed by atoms with Crippen molar-refractivity contribution in [3.05, 3.63) is 72.8 Å². The second kappa shape index (κ2) is 9.77. The van der Waals surface area contributed by atoms with Gasteiger partial charge in [-0.15, -0.1) is 0 Å². The molecule has 0 unspecified atom stereocenters. The van der Waals surface area contributed by atoms with Gasteiger partial charge in [0.2, 0.25) is 16.6 Å². The van der Waals surface area contributed by atoms with E-state index in [9.17, 15) is 0 Å². The molecule has 0 atom stereocenters. The summed E-state index contributed by atoms with van der Waals surface area (Å²) in [6, 6.07) is 26.2. The molecule has 0 aliphatic heterocycles. The molecule has 170 valence electrons. The lowest BCUT2D eigenvalue weighted by Gasteiger charge is -2.20. The Bertz CT molecular complexity index is 947. The van der Waals surface area contributed by atoms with Crippen LogP contribution in [-0.4, -0.2) is 30.7 Å². The van der Waals surface area contributed by atoms with Gasteiger partial charge < -0.3 is 13.8 Å². The van der Waals surface area contributed by atoms with Crippen molar-refractivity contribution in [2.45, 2.75) is 54.0 Å². The summed E-state index contributed by atoms with van der Waals surface area (Å²) in [7, 11) is 0.686. The zero-order chi connectivity index (χ0) is 23.5. The van der Waals surface area contributed by atoms with Gasteiger partial charge in [0.1, 0.15) is 11.5 Å². The zero-order valence-corrected chi connectivity index (χ0v) is 23.4. The molecular formula is C26H36NO2SSi2+. The Balaban J connectivity index is 1.98. The number of anilines is 1. The minimum atomic E-state index is -1.63. The normalized spacial score (nSPS) is 12.0.